The van der Waals surface area contributed by atoms with E-state index < -0.39 is 0 Å². The van der Waals surface area contributed by atoms with Crippen molar-refractivity contribution in [3.63, 3.8) is 0 Å². The van der Waals surface area contributed by atoms with Crippen LogP contribution in [0.3, 0.4) is 0 Å². The molecule has 1 aromatic heterocycles. The highest BCUT2D eigenvalue weighted by Gasteiger charge is 2.12. The first-order chi connectivity index (χ1) is 8.86. The average molecular weight is 257 g/mol. The van der Waals surface area contributed by atoms with E-state index in [2.05, 4.69) is 50.0 Å². The number of rotatable bonds is 3. The van der Waals surface area contributed by atoms with Crippen LogP contribution in [0.1, 0.15) is 37.6 Å². The van der Waals surface area contributed by atoms with Gasteiger partial charge in [-0.05, 0) is 29.4 Å². The van der Waals surface area contributed by atoms with Crippen molar-refractivity contribution < 1.29 is 0 Å². The molecule has 0 unspecified atom stereocenters. The molecular formula is C16H23N3. The molecule has 2 N–H and O–H groups in total. The van der Waals surface area contributed by atoms with Crippen molar-refractivity contribution in [3.8, 4) is 0 Å². The number of benzene rings is 1. The van der Waals surface area contributed by atoms with E-state index in [1.807, 2.05) is 17.8 Å². The van der Waals surface area contributed by atoms with E-state index in [0.29, 0.717) is 5.95 Å². The summed E-state index contributed by atoms with van der Waals surface area (Å²) in [7, 11) is 1.92. The molecule has 0 aliphatic carbocycles. The number of nitrogens with zero attached hydrogens (tertiary/aromatic N) is 2. The Bertz CT molecular complexity index is 525. The Morgan fingerprint density at radius 3 is 2.21 bits per heavy atom. The predicted octanol–water partition coefficient (Wildman–Crippen LogP) is 3.09. The van der Waals surface area contributed by atoms with Gasteiger partial charge in [0.05, 0.1) is 5.69 Å². The van der Waals surface area contributed by atoms with Gasteiger partial charge in [0, 0.05) is 13.2 Å². The van der Waals surface area contributed by atoms with Crippen molar-refractivity contribution in [2.75, 3.05) is 5.73 Å². The van der Waals surface area contributed by atoms with Gasteiger partial charge in [0.25, 0.3) is 0 Å². The van der Waals surface area contributed by atoms with Crippen LogP contribution in [0, 0.1) is 0 Å². The number of nitrogen functional groups attached to an aromatic ring is 1. The zero-order valence-electron chi connectivity index (χ0n) is 12.3. The Kier molecular flexibility index (Phi) is 3.65. The van der Waals surface area contributed by atoms with E-state index in [9.17, 15) is 0 Å². The first kappa shape index (κ1) is 13.7. The molecule has 19 heavy (non-hydrogen) atoms. The summed E-state index contributed by atoms with van der Waals surface area (Å²) < 4.78 is 1.86. The van der Waals surface area contributed by atoms with Gasteiger partial charge in [-0.25, -0.2) is 4.98 Å². The molecule has 0 saturated heterocycles. The summed E-state index contributed by atoms with van der Waals surface area (Å²) in [4.78, 5) is 4.32. The minimum absolute atomic E-state index is 0.216. The second-order valence-electron chi connectivity index (χ2n) is 6.15. The van der Waals surface area contributed by atoms with E-state index >= 15 is 0 Å². The molecule has 3 nitrogen and oxygen atoms in total. The van der Waals surface area contributed by atoms with Crippen molar-refractivity contribution >= 4 is 5.95 Å². The number of hydrogen-bond donors (Lipinski definition) is 1. The first-order valence-electron chi connectivity index (χ1n) is 6.73. The van der Waals surface area contributed by atoms with Gasteiger partial charge < -0.3 is 10.3 Å². The Labute approximate surface area is 115 Å². The fourth-order valence-corrected chi connectivity index (χ4v) is 2.11. The molecule has 102 valence electrons. The molecule has 0 amide bonds. The van der Waals surface area contributed by atoms with Crippen LogP contribution in [-0.4, -0.2) is 9.55 Å². The highest BCUT2D eigenvalue weighted by Crippen LogP contribution is 2.22. The van der Waals surface area contributed by atoms with Crippen LogP contribution in [0.2, 0.25) is 0 Å². The number of nitrogens with two attached hydrogens (primary N) is 1. The third-order valence-corrected chi connectivity index (χ3v) is 3.45. The summed E-state index contributed by atoms with van der Waals surface area (Å²) in [5.41, 5.74) is 9.72. The summed E-state index contributed by atoms with van der Waals surface area (Å²) in [5, 5.41) is 0. The number of aromatic nitrogens is 2. The Hall–Kier alpha value is -1.77. The van der Waals surface area contributed by atoms with Gasteiger partial charge in [0.15, 0.2) is 5.95 Å². The Balaban J connectivity index is 2.00. The number of imidazole rings is 1. The summed E-state index contributed by atoms with van der Waals surface area (Å²) in [6, 6.07) is 8.88. The largest absolute Gasteiger partial charge is 0.369 e. The third-order valence-electron chi connectivity index (χ3n) is 3.45. The first-order valence-corrected chi connectivity index (χ1v) is 6.73. The molecule has 0 aliphatic heterocycles. The SMILES string of the molecule is Cn1cc(CCc2ccc(C(C)(C)C)cc2)nc1N. The van der Waals surface area contributed by atoms with E-state index in [-0.39, 0.29) is 5.41 Å². The lowest BCUT2D eigenvalue weighted by Gasteiger charge is -2.19. The minimum Gasteiger partial charge on any atom is -0.369 e. The van der Waals surface area contributed by atoms with Crippen molar-refractivity contribution in [2.45, 2.75) is 39.0 Å². The standard InChI is InChI=1S/C16H23N3/c1-16(2,3)13-8-5-12(6-9-13)7-10-14-11-19(4)15(17)18-14/h5-6,8-9,11H,7,10H2,1-4H3,(H2,17,18). The van der Waals surface area contributed by atoms with Crippen LogP contribution in [0.5, 0.6) is 0 Å². The molecule has 1 heterocycles. The normalized spacial score (nSPS) is 11.8. The molecule has 0 radical (unpaired) electrons. The van der Waals surface area contributed by atoms with Crippen molar-refractivity contribution in [1.29, 1.82) is 0 Å². The van der Waals surface area contributed by atoms with Crippen LogP contribution in [-0.2, 0) is 25.3 Å². The molecule has 0 fully saturated rings. The smallest absolute Gasteiger partial charge is 0.200 e. The van der Waals surface area contributed by atoms with E-state index in [0.717, 1.165) is 18.5 Å². The maximum atomic E-state index is 5.73. The van der Waals surface area contributed by atoms with Gasteiger partial charge in [0.1, 0.15) is 0 Å². The zero-order valence-corrected chi connectivity index (χ0v) is 12.3. The van der Waals surface area contributed by atoms with Crippen molar-refractivity contribution in [2.24, 2.45) is 7.05 Å². The van der Waals surface area contributed by atoms with Crippen molar-refractivity contribution in [3.05, 3.63) is 47.3 Å². The predicted molar refractivity (Wildman–Crippen MR) is 80.2 cm³/mol. The summed E-state index contributed by atoms with van der Waals surface area (Å²) >= 11 is 0. The van der Waals surface area contributed by atoms with Gasteiger partial charge in [-0.2, -0.15) is 0 Å². The lowest BCUT2D eigenvalue weighted by atomic mass is 9.86. The van der Waals surface area contributed by atoms with E-state index in [1.165, 1.54) is 11.1 Å². The maximum Gasteiger partial charge on any atom is 0.200 e. The zero-order chi connectivity index (χ0) is 14.0. The van der Waals surface area contributed by atoms with Gasteiger partial charge >= 0.3 is 0 Å². The summed E-state index contributed by atoms with van der Waals surface area (Å²) in [5.74, 6) is 0.582. The molecule has 2 aromatic rings. The highest BCUT2D eigenvalue weighted by atomic mass is 15.1. The van der Waals surface area contributed by atoms with E-state index in [1.54, 1.807) is 0 Å². The number of anilines is 1. The molecule has 0 aliphatic rings. The third kappa shape index (κ3) is 3.37. The number of hydrogen-bond acceptors (Lipinski definition) is 2. The Morgan fingerprint density at radius 2 is 1.74 bits per heavy atom. The fraction of sp³-hybridized carbons (Fsp3) is 0.438. The van der Waals surface area contributed by atoms with Gasteiger partial charge in [-0.3, -0.25) is 0 Å². The van der Waals surface area contributed by atoms with Gasteiger partial charge in [-0.15, -0.1) is 0 Å². The van der Waals surface area contributed by atoms with Gasteiger partial charge in [-0.1, -0.05) is 45.0 Å². The second-order valence-corrected chi connectivity index (χ2v) is 6.15. The van der Waals surface area contributed by atoms with Crippen LogP contribution in [0.15, 0.2) is 30.5 Å². The number of aryl methyl sites for hydroxylation is 3. The summed E-state index contributed by atoms with van der Waals surface area (Å²) in [6.07, 6.45) is 3.93. The molecule has 0 bridgehead atoms. The summed E-state index contributed by atoms with van der Waals surface area (Å²) in [6.45, 7) is 6.70. The maximum absolute atomic E-state index is 5.73. The lowest BCUT2D eigenvalue weighted by Crippen LogP contribution is -2.10. The lowest BCUT2D eigenvalue weighted by molar-refractivity contribution is 0.590. The Morgan fingerprint density at radius 1 is 1.11 bits per heavy atom. The average Bonchev–Trinajstić information content (AvgIpc) is 2.66. The second kappa shape index (κ2) is 5.08. The monoisotopic (exact) mass is 257 g/mol. The molecule has 3 heteroatoms. The van der Waals surface area contributed by atoms with Crippen molar-refractivity contribution in [1.82, 2.24) is 9.55 Å². The fourth-order valence-electron chi connectivity index (χ4n) is 2.11. The van der Waals surface area contributed by atoms with Crippen LogP contribution in [0.4, 0.5) is 5.95 Å². The van der Waals surface area contributed by atoms with Crippen LogP contribution in [0.25, 0.3) is 0 Å². The molecule has 0 atom stereocenters. The van der Waals surface area contributed by atoms with Crippen LogP contribution < -0.4 is 5.73 Å². The molecular weight excluding hydrogens is 234 g/mol. The molecule has 0 spiro atoms. The topological polar surface area (TPSA) is 43.8 Å². The highest BCUT2D eigenvalue weighted by molar-refractivity contribution is 5.28. The van der Waals surface area contributed by atoms with Crippen LogP contribution >= 0.6 is 0 Å². The minimum atomic E-state index is 0.216. The quantitative estimate of drug-likeness (QED) is 0.918. The molecule has 2 rings (SSSR count). The van der Waals surface area contributed by atoms with E-state index in [4.69, 9.17) is 5.73 Å². The molecule has 0 saturated carbocycles. The van der Waals surface area contributed by atoms with Gasteiger partial charge in [0.2, 0.25) is 0 Å². The molecule has 1 aromatic carbocycles.